The maximum Gasteiger partial charge on any atom is 0.108 e. The highest BCUT2D eigenvalue weighted by Crippen LogP contribution is 2.19. The smallest absolute Gasteiger partial charge is 0.108 e. The average Bonchev–Trinajstić information content (AvgIpc) is 2.04. The van der Waals surface area contributed by atoms with Crippen LogP contribution in [-0.4, -0.2) is 24.5 Å². The summed E-state index contributed by atoms with van der Waals surface area (Å²) >= 11 is 0. The first kappa shape index (κ1) is 13.0. The third-order valence-corrected chi connectivity index (χ3v) is 2.67. The molecule has 78 valence electrons. The van der Waals surface area contributed by atoms with E-state index >= 15 is 0 Å². The van der Waals surface area contributed by atoms with E-state index in [0.29, 0.717) is 17.9 Å². The van der Waals surface area contributed by atoms with E-state index in [0.717, 1.165) is 6.54 Å². The Bertz CT molecular complexity index is 175. The predicted octanol–water partition coefficient (Wildman–Crippen LogP) is 1.31. The third-order valence-electron chi connectivity index (χ3n) is 2.67. The van der Waals surface area contributed by atoms with Crippen molar-refractivity contribution in [3.05, 3.63) is 0 Å². The van der Waals surface area contributed by atoms with Crippen molar-refractivity contribution in [2.24, 2.45) is 0 Å². The molecule has 5 heteroatoms. The van der Waals surface area contributed by atoms with Crippen LogP contribution in [0, 0.1) is 5.41 Å². The normalized spacial score (nSPS) is 31.8. The number of hydrogen-bond acceptors (Lipinski definition) is 2. The van der Waals surface area contributed by atoms with Crippen molar-refractivity contribution in [2.75, 3.05) is 6.54 Å². The molecule has 0 bridgehead atoms. The Morgan fingerprint density at radius 1 is 1.08 bits per heavy atom. The SMILES string of the molecule is Cl.Cl.N=C1CN[C@H]2CCCC[C@@H]2N1. The molecular formula is C8H17Cl2N3. The van der Waals surface area contributed by atoms with Gasteiger partial charge in [0, 0.05) is 12.1 Å². The number of nitrogens with one attached hydrogen (secondary N) is 3. The largest absolute Gasteiger partial charge is 0.369 e. The van der Waals surface area contributed by atoms with Gasteiger partial charge in [-0.25, -0.2) is 0 Å². The molecule has 0 amide bonds. The first-order valence-electron chi connectivity index (χ1n) is 4.43. The standard InChI is InChI=1S/C8H15N3.2ClH/c9-8-5-10-6-3-1-2-4-7(6)11-8;;/h6-7,10H,1-5H2,(H2,9,11);2*1H/t6-,7-;;/m0../s1. The fourth-order valence-corrected chi connectivity index (χ4v) is 2.06. The van der Waals surface area contributed by atoms with Crippen molar-refractivity contribution in [1.29, 1.82) is 5.41 Å². The van der Waals surface area contributed by atoms with Gasteiger partial charge < -0.3 is 10.6 Å². The number of amidine groups is 1. The molecule has 0 radical (unpaired) electrons. The summed E-state index contributed by atoms with van der Waals surface area (Å²) in [6.45, 7) is 0.737. The van der Waals surface area contributed by atoms with E-state index in [-0.39, 0.29) is 24.8 Å². The van der Waals surface area contributed by atoms with E-state index in [1.165, 1.54) is 25.7 Å². The molecular weight excluding hydrogens is 209 g/mol. The predicted molar refractivity (Wildman–Crippen MR) is 59.4 cm³/mol. The summed E-state index contributed by atoms with van der Waals surface area (Å²) in [6, 6.07) is 1.18. The van der Waals surface area contributed by atoms with Crippen LogP contribution in [0.5, 0.6) is 0 Å². The van der Waals surface area contributed by atoms with Crippen molar-refractivity contribution in [3.8, 4) is 0 Å². The molecule has 13 heavy (non-hydrogen) atoms. The highest BCUT2D eigenvalue weighted by atomic mass is 35.5. The topological polar surface area (TPSA) is 47.9 Å². The molecule has 1 aliphatic heterocycles. The number of rotatable bonds is 0. The monoisotopic (exact) mass is 225 g/mol. The van der Waals surface area contributed by atoms with Crippen molar-refractivity contribution in [2.45, 2.75) is 37.8 Å². The molecule has 2 aliphatic rings. The summed E-state index contributed by atoms with van der Waals surface area (Å²) in [5, 5.41) is 14.1. The van der Waals surface area contributed by atoms with E-state index in [2.05, 4.69) is 10.6 Å². The lowest BCUT2D eigenvalue weighted by molar-refractivity contribution is 0.299. The van der Waals surface area contributed by atoms with Gasteiger partial charge in [-0.1, -0.05) is 12.8 Å². The minimum Gasteiger partial charge on any atom is -0.369 e. The van der Waals surface area contributed by atoms with Crippen LogP contribution < -0.4 is 10.6 Å². The zero-order valence-electron chi connectivity index (χ0n) is 7.51. The first-order chi connectivity index (χ1) is 5.36. The van der Waals surface area contributed by atoms with Gasteiger partial charge in [-0.2, -0.15) is 0 Å². The maximum atomic E-state index is 7.44. The molecule has 0 aromatic rings. The minimum absolute atomic E-state index is 0. The maximum absolute atomic E-state index is 7.44. The van der Waals surface area contributed by atoms with Gasteiger partial charge in [0.05, 0.1) is 6.54 Å². The summed E-state index contributed by atoms with van der Waals surface area (Å²) in [5.41, 5.74) is 0. The Kier molecular flexibility index (Phi) is 5.68. The Morgan fingerprint density at radius 3 is 2.38 bits per heavy atom. The van der Waals surface area contributed by atoms with Crippen LogP contribution in [0.1, 0.15) is 25.7 Å². The molecule has 3 nitrogen and oxygen atoms in total. The van der Waals surface area contributed by atoms with Crippen LogP contribution in [0.2, 0.25) is 0 Å². The van der Waals surface area contributed by atoms with E-state index in [9.17, 15) is 0 Å². The molecule has 2 fully saturated rings. The second-order valence-corrected chi connectivity index (χ2v) is 3.50. The second-order valence-electron chi connectivity index (χ2n) is 3.50. The Balaban J connectivity index is 0.000000720. The van der Waals surface area contributed by atoms with Crippen LogP contribution in [0.25, 0.3) is 0 Å². The van der Waals surface area contributed by atoms with Gasteiger partial charge in [-0.3, -0.25) is 5.41 Å². The van der Waals surface area contributed by atoms with Crippen LogP contribution >= 0.6 is 24.8 Å². The van der Waals surface area contributed by atoms with Crippen LogP contribution in [0.4, 0.5) is 0 Å². The zero-order valence-corrected chi connectivity index (χ0v) is 9.14. The lowest BCUT2D eigenvalue weighted by Crippen LogP contribution is -2.59. The van der Waals surface area contributed by atoms with Crippen LogP contribution in [0.3, 0.4) is 0 Å². The van der Waals surface area contributed by atoms with Gasteiger partial charge in [-0.05, 0) is 12.8 Å². The highest BCUT2D eigenvalue weighted by Gasteiger charge is 2.28. The van der Waals surface area contributed by atoms with E-state index in [4.69, 9.17) is 5.41 Å². The summed E-state index contributed by atoms with van der Waals surface area (Å²) in [5.74, 6) is 0.660. The lowest BCUT2D eigenvalue weighted by atomic mass is 9.89. The summed E-state index contributed by atoms with van der Waals surface area (Å²) in [6.07, 6.45) is 5.19. The third kappa shape index (κ3) is 3.01. The van der Waals surface area contributed by atoms with Gasteiger partial charge in [0.1, 0.15) is 5.84 Å². The fourth-order valence-electron chi connectivity index (χ4n) is 2.06. The molecule has 0 spiro atoms. The molecule has 0 unspecified atom stereocenters. The van der Waals surface area contributed by atoms with Crippen LogP contribution in [0.15, 0.2) is 0 Å². The Labute approximate surface area is 91.4 Å². The summed E-state index contributed by atoms with van der Waals surface area (Å²) < 4.78 is 0. The van der Waals surface area contributed by atoms with Crippen molar-refractivity contribution in [3.63, 3.8) is 0 Å². The molecule has 0 aromatic heterocycles. The molecule has 1 saturated heterocycles. The minimum atomic E-state index is 0. The highest BCUT2D eigenvalue weighted by molar-refractivity contribution is 5.85. The van der Waals surface area contributed by atoms with E-state index < -0.39 is 0 Å². The Morgan fingerprint density at radius 2 is 1.69 bits per heavy atom. The molecule has 1 heterocycles. The average molecular weight is 226 g/mol. The van der Waals surface area contributed by atoms with E-state index in [1.807, 2.05) is 0 Å². The number of fused-ring (bicyclic) bond motifs is 1. The van der Waals surface area contributed by atoms with Crippen molar-refractivity contribution in [1.82, 2.24) is 10.6 Å². The molecule has 1 aliphatic carbocycles. The number of hydrogen-bond donors (Lipinski definition) is 3. The van der Waals surface area contributed by atoms with Gasteiger partial charge in [-0.15, -0.1) is 24.8 Å². The molecule has 3 N–H and O–H groups in total. The number of halogens is 2. The van der Waals surface area contributed by atoms with Gasteiger partial charge in [0.15, 0.2) is 0 Å². The molecule has 1 saturated carbocycles. The fraction of sp³-hybridized carbons (Fsp3) is 0.875. The zero-order chi connectivity index (χ0) is 7.68. The molecule has 0 aromatic carbocycles. The van der Waals surface area contributed by atoms with Gasteiger partial charge in [0.25, 0.3) is 0 Å². The second kappa shape index (κ2) is 5.68. The van der Waals surface area contributed by atoms with Crippen molar-refractivity contribution >= 4 is 30.6 Å². The molecule has 2 rings (SSSR count). The van der Waals surface area contributed by atoms with Gasteiger partial charge in [0.2, 0.25) is 0 Å². The summed E-state index contributed by atoms with van der Waals surface area (Å²) in [4.78, 5) is 0. The quantitative estimate of drug-likeness (QED) is 0.583. The molecule has 2 atom stereocenters. The van der Waals surface area contributed by atoms with Gasteiger partial charge >= 0.3 is 0 Å². The first-order valence-corrected chi connectivity index (χ1v) is 4.43. The van der Waals surface area contributed by atoms with Crippen LogP contribution in [-0.2, 0) is 0 Å². The number of piperazine rings is 1. The Hall–Kier alpha value is 0.01000. The summed E-state index contributed by atoms with van der Waals surface area (Å²) in [7, 11) is 0. The van der Waals surface area contributed by atoms with Crippen molar-refractivity contribution < 1.29 is 0 Å². The lowest BCUT2D eigenvalue weighted by Gasteiger charge is -2.37. The van der Waals surface area contributed by atoms with E-state index in [1.54, 1.807) is 0 Å².